The molecule has 1 atom stereocenters. The SMILES string of the molecule is COc1cncc(CN=S(=O)(c2ccccc2)C(F)(F)F)c1. The minimum absolute atomic E-state index is 0.363. The van der Waals surface area contributed by atoms with E-state index < -0.39 is 15.2 Å². The van der Waals surface area contributed by atoms with E-state index in [2.05, 4.69) is 9.35 Å². The van der Waals surface area contributed by atoms with E-state index in [9.17, 15) is 17.4 Å². The van der Waals surface area contributed by atoms with Crippen LogP contribution in [-0.4, -0.2) is 21.8 Å². The van der Waals surface area contributed by atoms with Crippen molar-refractivity contribution in [1.29, 1.82) is 0 Å². The average molecular weight is 330 g/mol. The Morgan fingerprint density at radius 3 is 2.50 bits per heavy atom. The third kappa shape index (κ3) is 3.38. The Hall–Kier alpha value is -2.09. The van der Waals surface area contributed by atoms with Crippen LogP contribution < -0.4 is 4.74 Å². The number of alkyl halides is 3. The van der Waals surface area contributed by atoms with Crippen LogP contribution in [-0.2, 0) is 16.3 Å². The molecule has 0 aliphatic heterocycles. The maximum Gasteiger partial charge on any atom is 0.483 e. The van der Waals surface area contributed by atoms with Crippen molar-refractivity contribution in [1.82, 2.24) is 4.98 Å². The molecule has 2 aromatic rings. The number of ether oxygens (including phenoxy) is 1. The molecular formula is C14H13F3N2O2S. The van der Waals surface area contributed by atoms with Gasteiger partial charge < -0.3 is 4.74 Å². The highest BCUT2D eigenvalue weighted by Crippen LogP contribution is 2.33. The second-order valence-corrected chi connectivity index (χ2v) is 6.55. The molecule has 118 valence electrons. The number of hydrogen-bond donors (Lipinski definition) is 0. The standard InChI is InChI=1S/C14H13F3N2O2S/c1-21-12-7-11(8-18-10-12)9-19-22(20,14(15,16)17)13-5-3-2-4-6-13/h2-8,10H,9H2,1H3. The Morgan fingerprint density at radius 1 is 1.23 bits per heavy atom. The van der Waals surface area contributed by atoms with Crippen LogP contribution in [0.3, 0.4) is 0 Å². The Balaban J connectivity index is 2.45. The van der Waals surface area contributed by atoms with Gasteiger partial charge in [-0.15, -0.1) is 0 Å². The molecule has 4 nitrogen and oxygen atoms in total. The molecule has 1 aromatic carbocycles. The Kier molecular flexibility index (Phi) is 4.70. The molecule has 0 spiro atoms. The summed E-state index contributed by atoms with van der Waals surface area (Å²) in [5.41, 5.74) is -4.58. The van der Waals surface area contributed by atoms with Gasteiger partial charge in [0.25, 0.3) is 0 Å². The lowest BCUT2D eigenvalue weighted by Crippen LogP contribution is -2.23. The highest BCUT2D eigenvalue weighted by Gasteiger charge is 2.44. The fraction of sp³-hybridized carbons (Fsp3) is 0.214. The Bertz CT molecular complexity index is 754. The van der Waals surface area contributed by atoms with Gasteiger partial charge in [0, 0.05) is 6.20 Å². The summed E-state index contributed by atoms with van der Waals surface area (Å²) in [4.78, 5) is 3.47. The molecule has 0 radical (unpaired) electrons. The van der Waals surface area contributed by atoms with E-state index in [4.69, 9.17) is 4.74 Å². The first kappa shape index (κ1) is 16.3. The average Bonchev–Trinajstić information content (AvgIpc) is 2.52. The van der Waals surface area contributed by atoms with Crippen molar-refractivity contribution in [2.24, 2.45) is 4.36 Å². The van der Waals surface area contributed by atoms with Crippen LogP contribution in [0.5, 0.6) is 5.75 Å². The molecule has 0 saturated heterocycles. The quantitative estimate of drug-likeness (QED) is 0.860. The Labute approximate surface area is 126 Å². The Morgan fingerprint density at radius 2 is 1.91 bits per heavy atom. The molecule has 0 aliphatic rings. The largest absolute Gasteiger partial charge is 0.495 e. The molecule has 22 heavy (non-hydrogen) atoms. The molecule has 1 heterocycles. The third-order valence-electron chi connectivity index (χ3n) is 2.81. The molecule has 0 N–H and O–H groups in total. The highest BCUT2D eigenvalue weighted by atomic mass is 32.2. The zero-order valence-corrected chi connectivity index (χ0v) is 12.4. The summed E-state index contributed by atoms with van der Waals surface area (Å²) < 4.78 is 60.5. The number of aromatic nitrogens is 1. The third-order valence-corrected chi connectivity index (χ3v) is 4.84. The van der Waals surface area contributed by atoms with Crippen molar-refractivity contribution in [3.05, 3.63) is 54.4 Å². The van der Waals surface area contributed by atoms with Crippen LogP contribution in [0, 0.1) is 0 Å². The summed E-state index contributed by atoms with van der Waals surface area (Å²) in [7, 11) is -3.13. The van der Waals surface area contributed by atoms with Gasteiger partial charge in [0.2, 0.25) is 0 Å². The van der Waals surface area contributed by atoms with E-state index in [1.807, 2.05) is 0 Å². The number of methoxy groups -OCH3 is 1. The number of rotatable bonds is 4. The molecule has 1 aromatic heterocycles. The van der Waals surface area contributed by atoms with E-state index in [1.165, 1.54) is 37.7 Å². The van der Waals surface area contributed by atoms with Crippen molar-refractivity contribution < 1.29 is 22.1 Å². The van der Waals surface area contributed by atoms with Gasteiger partial charge in [-0.1, -0.05) is 18.2 Å². The highest BCUT2D eigenvalue weighted by molar-refractivity contribution is 7.94. The van der Waals surface area contributed by atoms with Crippen LogP contribution in [0.4, 0.5) is 13.2 Å². The van der Waals surface area contributed by atoms with Crippen molar-refractivity contribution in [3.8, 4) is 5.75 Å². The molecular weight excluding hydrogens is 317 g/mol. The predicted molar refractivity (Wildman–Crippen MR) is 75.8 cm³/mol. The lowest BCUT2D eigenvalue weighted by Gasteiger charge is -2.14. The van der Waals surface area contributed by atoms with Crippen molar-refractivity contribution in [2.45, 2.75) is 16.9 Å². The summed E-state index contributed by atoms with van der Waals surface area (Å²) in [6.45, 7) is -0.378. The van der Waals surface area contributed by atoms with Gasteiger partial charge >= 0.3 is 5.51 Å². The second kappa shape index (κ2) is 6.35. The van der Waals surface area contributed by atoms with Crippen LogP contribution in [0.25, 0.3) is 0 Å². The topological polar surface area (TPSA) is 51.6 Å². The molecule has 0 saturated carbocycles. The van der Waals surface area contributed by atoms with E-state index in [-0.39, 0.29) is 11.4 Å². The number of pyridine rings is 1. The number of benzene rings is 1. The van der Waals surface area contributed by atoms with Crippen LogP contribution in [0.2, 0.25) is 0 Å². The molecule has 0 amide bonds. The summed E-state index contributed by atoms with van der Waals surface area (Å²) >= 11 is 0. The van der Waals surface area contributed by atoms with Crippen LogP contribution >= 0.6 is 0 Å². The molecule has 0 bridgehead atoms. The van der Waals surface area contributed by atoms with Gasteiger partial charge in [-0.25, -0.2) is 8.57 Å². The summed E-state index contributed by atoms with van der Waals surface area (Å²) in [5.74, 6) is 0.394. The number of nitrogens with zero attached hydrogens (tertiary/aromatic N) is 2. The summed E-state index contributed by atoms with van der Waals surface area (Å²) in [6, 6.07) is 8.14. The van der Waals surface area contributed by atoms with E-state index in [1.54, 1.807) is 6.07 Å². The van der Waals surface area contributed by atoms with Gasteiger partial charge in [-0.2, -0.15) is 13.2 Å². The van der Waals surface area contributed by atoms with Gasteiger partial charge in [-0.05, 0) is 23.8 Å². The van der Waals surface area contributed by atoms with Crippen LogP contribution in [0.15, 0.2) is 58.1 Å². The first-order valence-corrected chi connectivity index (χ1v) is 7.70. The first-order chi connectivity index (χ1) is 10.4. The molecule has 0 fully saturated rings. The van der Waals surface area contributed by atoms with Gasteiger partial charge in [0.15, 0.2) is 9.73 Å². The van der Waals surface area contributed by atoms with Gasteiger partial charge in [-0.3, -0.25) is 4.98 Å². The fourth-order valence-electron chi connectivity index (χ4n) is 1.71. The predicted octanol–water partition coefficient (Wildman–Crippen LogP) is 3.64. The monoisotopic (exact) mass is 330 g/mol. The maximum absolute atomic E-state index is 13.2. The first-order valence-electron chi connectivity index (χ1n) is 6.19. The minimum Gasteiger partial charge on any atom is -0.495 e. The van der Waals surface area contributed by atoms with Crippen LogP contribution in [0.1, 0.15) is 5.56 Å². The number of halogens is 3. The smallest absolute Gasteiger partial charge is 0.483 e. The molecule has 1 unspecified atom stereocenters. The number of hydrogen-bond acceptors (Lipinski definition) is 4. The van der Waals surface area contributed by atoms with E-state index >= 15 is 0 Å². The van der Waals surface area contributed by atoms with Crippen molar-refractivity contribution in [3.63, 3.8) is 0 Å². The minimum atomic E-state index is -4.96. The lowest BCUT2D eigenvalue weighted by atomic mass is 10.3. The molecule has 8 heteroatoms. The fourth-order valence-corrected chi connectivity index (χ4v) is 3.13. The second-order valence-electron chi connectivity index (χ2n) is 4.30. The normalized spacial score (nSPS) is 14.2. The summed E-state index contributed by atoms with van der Waals surface area (Å²) in [5, 5.41) is 0. The summed E-state index contributed by atoms with van der Waals surface area (Å²) in [6.07, 6.45) is 2.77. The van der Waals surface area contributed by atoms with Crippen molar-refractivity contribution in [2.75, 3.05) is 7.11 Å². The molecule has 0 aliphatic carbocycles. The van der Waals surface area contributed by atoms with Crippen molar-refractivity contribution >= 4 is 9.73 Å². The maximum atomic E-state index is 13.2. The van der Waals surface area contributed by atoms with Gasteiger partial charge in [0.1, 0.15) is 5.75 Å². The van der Waals surface area contributed by atoms with Gasteiger partial charge in [0.05, 0.1) is 24.7 Å². The zero-order chi connectivity index (χ0) is 16.2. The van der Waals surface area contributed by atoms with E-state index in [0.29, 0.717) is 11.3 Å². The van der Waals surface area contributed by atoms with E-state index in [0.717, 1.165) is 12.1 Å². The zero-order valence-electron chi connectivity index (χ0n) is 11.6. The molecule has 2 rings (SSSR count). The lowest BCUT2D eigenvalue weighted by molar-refractivity contribution is -0.0404.